The maximum atomic E-state index is 14.1. The van der Waals surface area contributed by atoms with Crippen molar-refractivity contribution in [1.82, 2.24) is 20.2 Å². The van der Waals surface area contributed by atoms with Crippen LogP contribution in [0, 0.1) is 6.92 Å². The highest BCUT2D eigenvalue weighted by Gasteiger charge is 2.34. The lowest BCUT2D eigenvalue weighted by molar-refractivity contribution is -0.137. The summed E-state index contributed by atoms with van der Waals surface area (Å²) in [6, 6.07) is 3.55. The Morgan fingerprint density at radius 2 is 1.90 bits per heavy atom. The molecule has 5 rings (SSSR count). The molecule has 3 aliphatic rings. The molecule has 2 aromatic rings. The van der Waals surface area contributed by atoms with E-state index in [4.69, 9.17) is 4.74 Å². The first-order valence-corrected chi connectivity index (χ1v) is 13.3. The Morgan fingerprint density at radius 3 is 2.59 bits per heavy atom. The van der Waals surface area contributed by atoms with Gasteiger partial charge in [-0.1, -0.05) is 6.07 Å². The van der Waals surface area contributed by atoms with Crippen LogP contribution < -0.4 is 10.2 Å². The molecule has 1 N–H and O–H groups in total. The molecule has 2 fully saturated rings. The molecule has 2 saturated heterocycles. The van der Waals surface area contributed by atoms with Gasteiger partial charge in [-0.05, 0) is 55.9 Å². The summed E-state index contributed by atoms with van der Waals surface area (Å²) in [6.07, 6.45) is -3.11. The number of fused-ring (bicyclic) bond motifs is 1. The van der Waals surface area contributed by atoms with Crippen LogP contribution in [-0.2, 0) is 30.6 Å². The molecule has 1 unspecified atom stereocenters. The number of aromatic nitrogens is 2. The van der Waals surface area contributed by atoms with Gasteiger partial charge in [-0.15, -0.1) is 0 Å². The molecule has 0 saturated carbocycles. The van der Waals surface area contributed by atoms with Crippen LogP contribution >= 0.6 is 0 Å². The topological polar surface area (TPSA) is 70.6 Å². The first kappa shape index (κ1) is 27.7. The summed E-state index contributed by atoms with van der Waals surface area (Å²) in [5.74, 6) is -0.122. The van der Waals surface area contributed by atoms with Crippen LogP contribution in [0.25, 0.3) is 0 Å². The van der Waals surface area contributed by atoms with Gasteiger partial charge < -0.3 is 19.9 Å². The minimum Gasteiger partial charge on any atom is -0.378 e. The number of alkyl halides is 5. The molecule has 39 heavy (non-hydrogen) atoms. The number of likely N-dealkylation sites (tertiary alicyclic amines) is 1. The summed E-state index contributed by atoms with van der Waals surface area (Å²) < 4.78 is 72.9. The Morgan fingerprint density at radius 1 is 1.13 bits per heavy atom. The van der Waals surface area contributed by atoms with Gasteiger partial charge in [-0.25, -0.2) is 18.7 Å². The molecule has 7 nitrogen and oxygen atoms in total. The van der Waals surface area contributed by atoms with Gasteiger partial charge in [-0.3, -0.25) is 4.79 Å². The minimum atomic E-state index is -4.45. The van der Waals surface area contributed by atoms with Crippen molar-refractivity contribution in [3.63, 3.8) is 0 Å². The number of nitrogens with zero attached hydrogens (tertiary/aromatic N) is 4. The molecular weight excluding hydrogens is 521 g/mol. The first-order chi connectivity index (χ1) is 18.6. The predicted octanol–water partition coefficient (Wildman–Crippen LogP) is 4.16. The van der Waals surface area contributed by atoms with Gasteiger partial charge in [0.1, 0.15) is 24.4 Å². The summed E-state index contributed by atoms with van der Waals surface area (Å²) in [5, 5.41) is 3.36. The van der Waals surface area contributed by atoms with Crippen LogP contribution in [-0.4, -0.2) is 71.9 Å². The molecule has 1 aromatic carbocycles. The largest absolute Gasteiger partial charge is 0.416 e. The number of carbonyl (C=O) groups excluding carboxylic acids is 1. The normalized spacial score (nSPS) is 22.6. The maximum Gasteiger partial charge on any atom is 0.416 e. The van der Waals surface area contributed by atoms with Crippen LogP contribution in [0.15, 0.2) is 18.2 Å². The van der Waals surface area contributed by atoms with E-state index < -0.39 is 24.6 Å². The Bertz CT molecular complexity index is 1200. The monoisotopic (exact) mass is 553 g/mol. The van der Waals surface area contributed by atoms with E-state index in [0.717, 1.165) is 17.7 Å². The number of carbonyl (C=O) groups is 1. The second-order valence-electron chi connectivity index (χ2n) is 10.4. The van der Waals surface area contributed by atoms with Crippen LogP contribution in [0.4, 0.5) is 27.8 Å². The lowest BCUT2D eigenvalue weighted by atomic mass is 9.96. The van der Waals surface area contributed by atoms with Crippen LogP contribution in [0.3, 0.4) is 0 Å². The van der Waals surface area contributed by atoms with Gasteiger partial charge in [0, 0.05) is 50.4 Å². The second kappa shape index (κ2) is 11.3. The summed E-state index contributed by atoms with van der Waals surface area (Å²) in [4.78, 5) is 25.5. The maximum absolute atomic E-state index is 14.1. The van der Waals surface area contributed by atoms with Gasteiger partial charge in [0.25, 0.3) is 5.91 Å². The van der Waals surface area contributed by atoms with Gasteiger partial charge in [0.15, 0.2) is 5.82 Å². The third-order valence-corrected chi connectivity index (χ3v) is 7.85. The number of ether oxygens (including phenoxy) is 1. The highest BCUT2D eigenvalue weighted by atomic mass is 19.4. The third-order valence-electron chi connectivity index (χ3n) is 7.85. The lowest BCUT2D eigenvalue weighted by Gasteiger charge is -2.37. The van der Waals surface area contributed by atoms with E-state index >= 15 is 0 Å². The first-order valence-electron chi connectivity index (χ1n) is 13.3. The summed E-state index contributed by atoms with van der Waals surface area (Å²) in [6.45, 7) is 2.84. The van der Waals surface area contributed by atoms with Crippen LogP contribution in [0.5, 0.6) is 0 Å². The highest BCUT2D eigenvalue weighted by molar-refractivity contribution is 5.95. The van der Waals surface area contributed by atoms with Crippen molar-refractivity contribution in [2.24, 2.45) is 0 Å². The Kier molecular flexibility index (Phi) is 8.04. The number of benzene rings is 1. The predicted molar refractivity (Wildman–Crippen MR) is 134 cm³/mol. The van der Waals surface area contributed by atoms with Crippen LogP contribution in [0.1, 0.15) is 57.8 Å². The number of hydrogen-bond acceptors (Lipinski definition) is 6. The number of rotatable bonds is 5. The van der Waals surface area contributed by atoms with Crippen molar-refractivity contribution in [3.05, 3.63) is 52.0 Å². The smallest absolute Gasteiger partial charge is 0.378 e. The zero-order valence-corrected chi connectivity index (χ0v) is 21.7. The fourth-order valence-electron chi connectivity index (χ4n) is 5.63. The van der Waals surface area contributed by atoms with E-state index in [1.807, 2.05) is 0 Å². The van der Waals surface area contributed by atoms with Crippen molar-refractivity contribution in [2.45, 2.75) is 70.3 Å². The Balaban J connectivity index is 1.31. The van der Waals surface area contributed by atoms with Crippen molar-refractivity contribution in [1.29, 1.82) is 0 Å². The van der Waals surface area contributed by atoms with Gasteiger partial charge >= 0.3 is 6.18 Å². The van der Waals surface area contributed by atoms with Gasteiger partial charge in [-0.2, -0.15) is 13.2 Å². The molecule has 0 bridgehead atoms. The number of amides is 1. The zero-order chi connectivity index (χ0) is 27.7. The standard InChI is InChI=1S/C27H32F5N5O2/c1-16-24(26(38)36-9-5-20(6-10-36)33-22-7-11-39-15-21(22)29)34-23(13-28)35-25(16)37-8-4-17-2-3-19(27(30,31)32)12-18(17)14-37/h2-3,12,20-22,33H,4-11,13-15H2,1H3/t21-,22?/m1/s1. The van der Waals surface area contributed by atoms with Crippen molar-refractivity contribution < 1.29 is 31.5 Å². The lowest BCUT2D eigenvalue weighted by Crippen LogP contribution is -2.52. The number of nitrogens with one attached hydrogen (secondary N) is 1. The molecule has 0 spiro atoms. The SMILES string of the molecule is Cc1c(C(=O)N2CCC(NC3CCOC[C@H]3F)CC2)nc(CF)nc1N1CCc2ccc(C(F)(F)F)cc2C1. The number of hydrogen-bond donors (Lipinski definition) is 1. The average Bonchev–Trinajstić information content (AvgIpc) is 2.93. The molecule has 2 atom stereocenters. The van der Waals surface area contributed by atoms with E-state index in [1.54, 1.807) is 16.7 Å². The van der Waals surface area contributed by atoms with Crippen molar-refractivity contribution in [3.8, 4) is 0 Å². The zero-order valence-electron chi connectivity index (χ0n) is 21.7. The van der Waals surface area contributed by atoms with Crippen molar-refractivity contribution in [2.75, 3.05) is 37.7 Å². The second-order valence-corrected chi connectivity index (χ2v) is 10.4. The molecule has 0 aliphatic carbocycles. The van der Waals surface area contributed by atoms with Crippen molar-refractivity contribution >= 4 is 11.7 Å². The third kappa shape index (κ3) is 6.01. The summed E-state index contributed by atoms with van der Waals surface area (Å²) in [7, 11) is 0. The number of piperidine rings is 1. The molecule has 1 amide bonds. The minimum absolute atomic E-state index is 0.0777. The summed E-state index contributed by atoms with van der Waals surface area (Å²) in [5.41, 5.74) is 1.19. The number of anilines is 1. The number of halogens is 5. The highest BCUT2D eigenvalue weighted by Crippen LogP contribution is 2.34. The molecule has 12 heteroatoms. The molecule has 0 radical (unpaired) electrons. The molecular formula is C27H32F5N5O2. The fourth-order valence-corrected chi connectivity index (χ4v) is 5.63. The molecule has 4 heterocycles. The summed E-state index contributed by atoms with van der Waals surface area (Å²) >= 11 is 0. The molecule has 3 aliphatic heterocycles. The van der Waals surface area contributed by atoms with E-state index in [1.165, 1.54) is 6.07 Å². The van der Waals surface area contributed by atoms with Gasteiger partial charge in [0.05, 0.1) is 12.2 Å². The quantitative estimate of drug-likeness (QED) is 0.561. The van der Waals surface area contributed by atoms with Gasteiger partial charge in [0.2, 0.25) is 0 Å². The Hall–Kier alpha value is -2.86. The Labute approximate surface area is 223 Å². The fraction of sp³-hybridized carbons (Fsp3) is 0.593. The van der Waals surface area contributed by atoms with E-state index in [2.05, 4.69) is 15.3 Å². The van der Waals surface area contributed by atoms with E-state index in [-0.39, 0.29) is 42.7 Å². The van der Waals surface area contributed by atoms with Crippen LogP contribution in [0.2, 0.25) is 0 Å². The van der Waals surface area contributed by atoms with E-state index in [9.17, 15) is 26.7 Å². The average molecular weight is 554 g/mol. The molecule has 212 valence electrons. The van der Waals surface area contributed by atoms with E-state index in [0.29, 0.717) is 68.9 Å². The molecule has 1 aromatic heterocycles.